The number of amides is 2. The van der Waals surface area contributed by atoms with Gasteiger partial charge < -0.3 is 10.6 Å². The quantitative estimate of drug-likeness (QED) is 0.599. The molecule has 2 amide bonds. The number of nitrogens with one attached hydrogen (secondary N) is 2. The molecule has 5 rings (SSSR count). The van der Waals surface area contributed by atoms with Gasteiger partial charge in [0, 0.05) is 41.4 Å². The number of aromatic nitrogens is 1. The number of carbonyl (C=O) groups is 2. The van der Waals surface area contributed by atoms with Crippen molar-refractivity contribution in [3.8, 4) is 0 Å². The summed E-state index contributed by atoms with van der Waals surface area (Å²) in [5, 5.41) is 7.45. The van der Waals surface area contributed by atoms with Gasteiger partial charge in [-0.1, -0.05) is 18.2 Å². The van der Waals surface area contributed by atoms with Gasteiger partial charge in [0.15, 0.2) is 0 Å². The number of anilines is 1. The summed E-state index contributed by atoms with van der Waals surface area (Å²) in [4.78, 5) is 29.3. The SMILES string of the molecule is O=C(NC1CCCC1(F)F)c1cccc([C@@H]2C[C@H]2C(=O)Nc2ccc3cnccc3c2)c1. The molecule has 1 unspecified atom stereocenters. The first-order valence-corrected chi connectivity index (χ1v) is 10.8. The van der Waals surface area contributed by atoms with Gasteiger partial charge in [-0.25, -0.2) is 8.78 Å². The lowest BCUT2D eigenvalue weighted by Crippen LogP contribution is -2.43. The summed E-state index contributed by atoms with van der Waals surface area (Å²) in [5.74, 6) is -3.58. The van der Waals surface area contributed by atoms with Gasteiger partial charge in [0.2, 0.25) is 5.91 Å². The van der Waals surface area contributed by atoms with Gasteiger partial charge in [0.05, 0.1) is 6.04 Å². The number of pyridine rings is 1. The van der Waals surface area contributed by atoms with Gasteiger partial charge in [0.1, 0.15) is 0 Å². The molecule has 2 N–H and O–H groups in total. The van der Waals surface area contributed by atoms with Crippen LogP contribution >= 0.6 is 0 Å². The summed E-state index contributed by atoms with van der Waals surface area (Å²) in [6, 6.07) is 13.4. The van der Waals surface area contributed by atoms with Crippen LogP contribution in [0.3, 0.4) is 0 Å². The smallest absolute Gasteiger partial charge is 0.267 e. The monoisotopic (exact) mass is 435 g/mol. The van der Waals surface area contributed by atoms with Crippen molar-refractivity contribution >= 4 is 28.3 Å². The lowest BCUT2D eigenvalue weighted by molar-refractivity contribution is -0.117. The van der Waals surface area contributed by atoms with E-state index in [1.54, 1.807) is 30.6 Å². The molecule has 0 aliphatic heterocycles. The Morgan fingerprint density at radius 3 is 2.75 bits per heavy atom. The third-order valence-corrected chi connectivity index (χ3v) is 6.43. The maximum absolute atomic E-state index is 13.8. The predicted octanol–water partition coefficient (Wildman–Crippen LogP) is 4.89. The fourth-order valence-corrected chi connectivity index (χ4v) is 4.51. The molecule has 2 saturated carbocycles. The Morgan fingerprint density at radius 2 is 1.94 bits per heavy atom. The van der Waals surface area contributed by atoms with Crippen molar-refractivity contribution in [2.24, 2.45) is 5.92 Å². The van der Waals surface area contributed by atoms with Crippen LogP contribution in [0.5, 0.6) is 0 Å². The highest BCUT2D eigenvalue weighted by Gasteiger charge is 2.45. The van der Waals surface area contributed by atoms with Gasteiger partial charge in [-0.15, -0.1) is 0 Å². The fraction of sp³-hybridized carbons (Fsp3) is 0.320. The van der Waals surface area contributed by atoms with Crippen LogP contribution < -0.4 is 10.6 Å². The Labute approximate surface area is 184 Å². The Hall–Kier alpha value is -3.35. The van der Waals surface area contributed by atoms with Gasteiger partial charge in [-0.05, 0) is 66.5 Å². The van der Waals surface area contributed by atoms with Crippen molar-refractivity contribution in [3.05, 3.63) is 72.1 Å². The van der Waals surface area contributed by atoms with Crippen LogP contribution in [0.2, 0.25) is 0 Å². The molecular formula is C25H23F2N3O2. The zero-order chi connectivity index (χ0) is 22.3. The van der Waals surface area contributed by atoms with Crippen molar-refractivity contribution in [3.63, 3.8) is 0 Å². The van der Waals surface area contributed by atoms with Crippen molar-refractivity contribution in [1.82, 2.24) is 10.3 Å². The topological polar surface area (TPSA) is 71.1 Å². The van der Waals surface area contributed by atoms with Crippen LogP contribution in [0.4, 0.5) is 14.5 Å². The van der Waals surface area contributed by atoms with Gasteiger partial charge in [-0.2, -0.15) is 0 Å². The van der Waals surface area contributed by atoms with E-state index < -0.39 is 17.9 Å². The van der Waals surface area contributed by atoms with Crippen LogP contribution in [0, 0.1) is 5.92 Å². The third kappa shape index (κ3) is 4.07. The molecule has 1 aromatic heterocycles. The first kappa shape index (κ1) is 20.5. The molecule has 2 aliphatic carbocycles. The molecule has 2 fully saturated rings. The summed E-state index contributed by atoms with van der Waals surface area (Å²) in [7, 11) is 0. The number of halogens is 2. The first-order valence-electron chi connectivity index (χ1n) is 10.8. The molecule has 32 heavy (non-hydrogen) atoms. The molecule has 0 bridgehead atoms. The maximum Gasteiger partial charge on any atom is 0.267 e. The zero-order valence-electron chi connectivity index (χ0n) is 17.4. The fourth-order valence-electron chi connectivity index (χ4n) is 4.51. The standard InChI is InChI=1S/C25H23F2N3O2/c26-25(27)9-2-5-22(25)30-23(31)17-4-1-3-16(11-17)20-13-21(20)24(32)29-19-7-6-18-14-28-10-8-15(18)12-19/h1,3-4,6-8,10-12,14,20-22H,2,5,9,13H2,(H,29,32)(H,30,31)/t20-,21+,22?/m0/s1. The van der Waals surface area contributed by atoms with Crippen LogP contribution in [0.15, 0.2) is 60.9 Å². The highest BCUT2D eigenvalue weighted by Crippen LogP contribution is 2.48. The summed E-state index contributed by atoms with van der Waals surface area (Å²) >= 11 is 0. The van der Waals surface area contributed by atoms with Crippen molar-refractivity contribution in [1.29, 1.82) is 0 Å². The minimum absolute atomic E-state index is 0.0142. The van der Waals surface area contributed by atoms with Crippen LogP contribution in [0.25, 0.3) is 10.8 Å². The van der Waals surface area contributed by atoms with Crippen LogP contribution in [-0.4, -0.2) is 28.8 Å². The normalized spacial score (nSPS) is 23.6. The van der Waals surface area contributed by atoms with E-state index in [0.29, 0.717) is 18.4 Å². The molecular weight excluding hydrogens is 412 g/mol. The van der Waals surface area contributed by atoms with Gasteiger partial charge >= 0.3 is 0 Å². The Balaban J connectivity index is 1.23. The number of carbonyl (C=O) groups excluding carboxylic acids is 2. The Morgan fingerprint density at radius 1 is 1.06 bits per heavy atom. The molecule has 3 aromatic rings. The minimum Gasteiger partial charge on any atom is -0.343 e. The number of hydrogen-bond acceptors (Lipinski definition) is 3. The Bertz CT molecular complexity index is 1200. The average Bonchev–Trinajstić information content (AvgIpc) is 3.53. The lowest BCUT2D eigenvalue weighted by Gasteiger charge is -2.20. The number of rotatable bonds is 5. The van der Waals surface area contributed by atoms with E-state index in [9.17, 15) is 18.4 Å². The van der Waals surface area contributed by atoms with Crippen molar-refractivity contribution in [2.45, 2.75) is 43.6 Å². The summed E-state index contributed by atoms with van der Waals surface area (Å²) in [6.45, 7) is 0. The van der Waals surface area contributed by atoms with Crippen LogP contribution in [-0.2, 0) is 4.79 Å². The van der Waals surface area contributed by atoms with E-state index in [1.807, 2.05) is 30.3 Å². The van der Waals surface area contributed by atoms with Crippen LogP contribution in [0.1, 0.15) is 47.5 Å². The van der Waals surface area contributed by atoms with Gasteiger partial charge in [0.25, 0.3) is 11.8 Å². The van der Waals surface area contributed by atoms with E-state index in [4.69, 9.17) is 0 Å². The molecule has 3 atom stereocenters. The molecule has 2 aromatic carbocycles. The van der Waals surface area contributed by atoms with E-state index in [2.05, 4.69) is 15.6 Å². The van der Waals surface area contributed by atoms with Crippen molar-refractivity contribution in [2.75, 3.05) is 5.32 Å². The van der Waals surface area contributed by atoms with E-state index in [-0.39, 0.29) is 30.6 Å². The molecule has 2 aliphatic rings. The molecule has 1 heterocycles. The molecule has 0 spiro atoms. The van der Waals surface area contributed by atoms with E-state index >= 15 is 0 Å². The van der Waals surface area contributed by atoms with Crippen molar-refractivity contribution < 1.29 is 18.4 Å². The predicted molar refractivity (Wildman–Crippen MR) is 118 cm³/mol. The van der Waals surface area contributed by atoms with Gasteiger partial charge in [-0.3, -0.25) is 14.6 Å². The molecule has 0 saturated heterocycles. The molecule has 5 nitrogen and oxygen atoms in total. The first-order chi connectivity index (χ1) is 15.4. The second-order valence-corrected chi connectivity index (χ2v) is 8.68. The summed E-state index contributed by atoms with van der Waals surface area (Å²) in [6.07, 6.45) is 4.68. The number of hydrogen-bond donors (Lipinski definition) is 2. The number of benzene rings is 2. The third-order valence-electron chi connectivity index (χ3n) is 6.43. The second kappa shape index (κ2) is 7.97. The molecule has 0 radical (unpaired) electrons. The summed E-state index contributed by atoms with van der Waals surface area (Å²) in [5.41, 5.74) is 1.95. The second-order valence-electron chi connectivity index (χ2n) is 8.68. The van der Waals surface area contributed by atoms with E-state index in [1.165, 1.54) is 0 Å². The molecule has 7 heteroatoms. The van der Waals surface area contributed by atoms with E-state index in [0.717, 1.165) is 22.0 Å². The number of alkyl halides is 2. The largest absolute Gasteiger partial charge is 0.343 e. The number of fused-ring (bicyclic) bond motifs is 1. The highest BCUT2D eigenvalue weighted by molar-refractivity contribution is 5.98. The minimum atomic E-state index is -2.85. The average molecular weight is 435 g/mol. The lowest BCUT2D eigenvalue weighted by atomic mass is 10.0. The maximum atomic E-state index is 13.8. The summed E-state index contributed by atoms with van der Waals surface area (Å²) < 4.78 is 27.7. The highest BCUT2D eigenvalue weighted by atomic mass is 19.3. The Kier molecular flexibility index (Phi) is 5.12. The zero-order valence-corrected chi connectivity index (χ0v) is 17.4. The molecule has 164 valence electrons. The number of nitrogens with zero attached hydrogens (tertiary/aromatic N) is 1.